The molecular weight excluding hydrogens is 264 g/mol. The van der Waals surface area contributed by atoms with Crippen LogP contribution in [0, 0.1) is 0 Å². The molecule has 1 unspecified atom stereocenters. The second-order valence-corrected chi connectivity index (χ2v) is 4.93. The molecule has 1 aliphatic heterocycles. The highest BCUT2D eigenvalue weighted by atomic mass is 35.5. The van der Waals surface area contributed by atoms with Gasteiger partial charge in [-0.1, -0.05) is 23.7 Å². The number of hydrogen-bond acceptors (Lipinski definition) is 4. The molecule has 1 N–H and O–H groups in total. The van der Waals surface area contributed by atoms with Crippen LogP contribution in [-0.2, 0) is 9.53 Å². The van der Waals surface area contributed by atoms with Gasteiger partial charge in [-0.05, 0) is 24.6 Å². The highest BCUT2D eigenvalue weighted by Crippen LogP contribution is 2.25. The van der Waals surface area contributed by atoms with Crippen LogP contribution in [0.5, 0.6) is 0 Å². The summed E-state index contributed by atoms with van der Waals surface area (Å²) < 4.78 is 5.21. The number of carbonyl (C=O) groups excluding carboxylic acids is 1. The summed E-state index contributed by atoms with van der Waals surface area (Å²) in [6.07, 6.45) is 0. The molecule has 4 nitrogen and oxygen atoms in total. The summed E-state index contributed by atoms with van der Waals surface area (Å²) >= 11 is 6.03. The zero-order valence-corrected chi connectivity index (χ0v) is 11.8. The largest absolute Gasteiger partial charge is 0.465 e. The first-order chi connectivity index (χ1) is 9.22. The Morgan fingerprint density at radius 3 is 2.84 bits per heavy atom. The van der Waals surface area contributed by atoms with Gasteiger partial charge >= 0.3 is 5.97 Å². The van der Waals surface area contributed by atoms with Gasteiger partial charge in [-0.2, -0.15) is 0 Å². The van der Waals surface area contributed by atoms with Crippen LogP contribution in [0.25, 0.3) is 0 Å². The lowest BCUT2D eigenvalue weighted by Crippen LogP contribution is -2.47. The number of halogens is 1. The number of hydrogen-bond donors (Lipinski definition) is 1. The van der Waals surface area contributed by atoms with Crippen LogP contribution in [-0.4, -0.2) is 43.7 Å². The van der Waals surface area contributed by atoms with Gasteiger partial charge < -0.3 is 10.1 Å². The molecule has 0 saturated carbocycles. The lowest BCUT2D eigenvalue weighted by atomic mass is 10.0. The highest BCUT2D eigenvalue weighted by molar-refractivity contribution is 6.30. The molecule has 104 valence electrons. The molecule has 0 aromatic heterocycles. The van der Waals surface area contributed by atoms with E-state index in [0.717, 1.165) is 31.7 Å². The second kappa shape index (κ2) is 6.89. The molecule has 1 aromatic carbocycles. The van der Waals surface area contributed by atoms with E-state index in [1.165, 1.54) is 0 Å². The van der Waals surface area contributed by atoms with Crippen molar-refractivity contribution in [3.63, 3.8) is 0 Å². The van der Waals surface area contributed by atoms with Crippen molar-refractivity contribution in [1.82, 2.24) is 10.2 Å². The zero-order valence-electron chi connectivity index (χ0n) is 11.1. The molecule has 1 saturated heterocycles. The molecule has 1 aromatic rings. The van der Waals surface area contributed by atoms with Crippen LogP contribution in [0.15, 0.2) is 24.3 Å². The standard InChI is InChI=1S/C14H19ClN2O2/c1-2-19-14(18)13(17-8-6-16-7-9-17)11-4-3-5-12(15)10-11/h3-5,10,13,16H,2,6-9H2,1H3. The average molecular weight is 283 g/mol. The second-order valence-electron chi connectivity index (χ2n) is 4.50. The Balaban J connectivity index is 2.24. The van der Waals surface area contributed by atoms with Gasteiger partial charge in [0.05, 0.1) is 6.61 Å². The Morgan fingerprint density at radius 1 is 1.47 bits per heavy atom. The van der Waals surface area contributed by atoms with E-state index in [4.69, 9.17) is 16.3 Å². The fourth-order valence-corrected chi connectivity index (χ4v) is 2.53. The molecule has 1 heterocycles. The molecule has 19 heavy (non-hydrogen) atoms. The van der Waals surface area contributed by atoms with Gasteiger partial charge in [-0.15, -0.1) is 0 Å². The third-order valence-corrected chi connectivity index (χ3v) is 3.43. The number of esters is 1. The summed E-state index contributed by atoms with van der Waals surface area (Å²) in [5.74, 6) is -0.202. The zero-order chi connectivity index (χ0) is 13.7. The van der Waals surface area contributed by atoms with Crippen molar-refractivity contribution in [2.75, 3.05) is 32.8 Å². The van der Waals surface area contributed by atoms with Crippen LogP contribution >= 0.6 is 11.6 Å². The Labute approximate surface area is 118 Å². The molecule has 0 bridgehead atoms. The molecule has 1 fully saturated rings. The van der Waals surface area contributed by atoms with Crippen molar-refractivity contribution < 1.29 is 9.53 Å². The fraction of sp³-hybridized carbons (Fsp3) is 0.500. The number of carbonyl (C=O) groups is 1. The quantitative estimate of drug-likeness (QED) is 0.856. The SMILES string of the molecule is CCOC(=O)C(c1cccc(Cl)c1)N1CCNCC1. The van der Waals surface area contributed by atoms with Gasteiger partial charge in [0.15, 0.2) is 0 Å². The van der Waals surface area contributed by atoms with Crippen molar-refractivity contribution in [2.45, 2.75) is 13.0 Å². The molecule has 0 radical (unpaired) electrons. The summed E-state index contributed by atoms with van der Waals surface area (Å²) in [4.78, 5) is 14.4. The third kappa shape index (κ3) is 3.69. The predicted molar refractivity (Wildman–Crippen MR) is 75.3 cm³/mol. The Kier molecular flexibility index (Phi) is 5.19. The minimum absolute atomic E-state index is 0.202. The molecule has 1 atom stereocenters. The van der Waals surface area contributed by atoms with Crippen LogP contribution in [0.1, 0.15) is 18.5 Å². The van der Waals surface area contributed by atoms with E-state index < -0.39 is 0 Å². The van der Waals surface area contributed by atoms with Gasteiger partial charge in [0.2, 0.25) is 0 Å². The number of nitrogens with zero attached hydrogens (tertiary/aromatic N) is 1. The highest BCUT2D eigenvalue weighted by Gasteiger charge is 2.29. The first-order valence-electron chi connectivity index (χ1n) is 6.59. The maximum atomic E-state index is 12.2. The Morgan fingerprint density at radius 2 is 2.21 bits per heavy atom. The van der Waals surface area contributed by atoms with E-state index in [1.54, 1.807) is 0 Å². The van der Waals surface area contributed by atoms with Gasteiger partial charge in [0.25, 0.3) is 0 Å². The smallest absolute Gasteiger partial charge is 0.328 e. The van der Waals surface area contributed by atoms with E-state index in [0.29, 0.717) is 11.6 Å². The van der Waals surface area contributed by atoms with Crippen LogP contribution in [0.4, 0.5) is 0 Å². The van der Waals surface area contributed by atoms with E-state index in [2.05, 4.69) is 10.2 Å². The Hall–Kier alpha value is -1.10. The van der Waals surface area contributed by atoms with Crippen molar-refractivity contribution in [3.8, 4) is 0 Å². The van der Waals surface area contributed by atoms with Crippen molar-refractivity contribution >= 4 is 17.6 Å². The number of ether oxygens (including phenoxy) is 1. The lowest BCUT2D eigenvalue weighted by molar-refractivity contribution is -0.150. The summed E-state index contributed by atoms with van der Waals surface area (Å²) in [7, 11) is 0. The Bertz CT molecular complexity index is 433. The van der Waals surface area contributed by atoms with Crippen molar-refractivity contribution in [1.29, 1.82) is 0 Å². The summed E-state index contributed by atoms with van der Waals surface area (Å²) in [6.45, 7) is 5.64. The molecule has 2 rings (SSSR count). The average Bonchev–Trinajstić information content (AvgIpc) is 2.40. The molecule has 0 aliphatic carbocycles. The third-order valence-electron chi connectivity index (χ3n) is 3.19. The number of piperazine rings is 1. The molecule has 5 heteroatoms. The normalized spacial score (nSPS) is 18.0. The fourth-order valence-electron chi connectivity index (χ4n) is 2.33. The molecule has 1 aliphatic rings. The first kappa shape index (κ1) is 14.3. The molecular formula is C14H19ClN2O2. The van der Waals surface area contributed by atoms with Gasteiger partial charge in [0.1, 0.15) is 6.04 Å². The van der Waals surface area contributed by atoms with Crippen LogP contribution in [0.2, 0.25) is 5.02 Å². The van der Waals surface area contributed by atoms with E-state index in [1.807, 2.05) is 31.2 Å². The number of nitrogens with one attached hydrogen (secondary N) is 1. The predicted octanol–water partition coefficient (Wildman–Crippen LogP) is 1.85. The van der Waals surface area contributed by atoms with Crippen LogP contribution < -0.4 is 5.32 Å². The summed E-state index contributed by atoms with van der Waals surface area (Å²) in [5, 5.41) is 3.92. The first-order valence-corrected chi connectivity index (χ1v) is 6.97. The van der Waals surface area contributed by atoms with E-state index in [9.17, 15) is 4.79 Å². The summed E-state index contributed by atoms with van der Waals surface area (Å²) in [6, 6.07) is 7.08. The lowest BCUT2D eigenvalue weighted by Gasteiger charge is -2.33. The molecule has 0 amide bonds. The van der Waals surface area contributed by atoms with E-state index in [-0.39, 0.29) is 12.0 Å². The topological polar surface area (TPSA) is 41.6 Å². The van der Waals surface area contributed by atoms with E-state index >= 15 is 0 Å². The minimum atomic E-state index is -0.360. The van der Waals surface area contributed by atoms with Crippen molar-refractivity contribution in [3.05, 3.63) is 34.9 Å². The maximum Gasteiger partial charge on any atom is 0.328 e. The minimum Gasteiger partial charge on any atom is -0.465 e. The number of rotatable bonds is 4. The van der Waals surface area contributed by atoms with Crippen molar-refractivity contribution in [2.24, 2.45) is 0 Å². The van der Waals surface area contributed by atoms with Gasteiger partial charge in [-0.3, -0.25) is 4.90 Å². The van der Waals surface area contributed by atoms with Gasteiger partial charge in [-0.25, -0.2) is 4.79 Å². The molecule has 0 spiro atoms. The maximum absolute atomic E-state index is 12.2. The summed E-state index contributed by atoms with van der Waals surface area (Å²) in [5.41, 5.74) is 0.896. The van der Waals surface area contributed by atoms with Crippen LogP contribution in [0.3, 0.4) is 0 Å². The number of benzene rings is 1. The van der Waals surface area contributed by atoms with Gasteiger partial charge in [0, 0.05) is 31.2 Å². The monoisotopic (exact) mass is 282 g/mol.